The van der Waals surface area contributed by atoms with E-state index in [1.807, 2.05) is 0 Å². The zero-order valence-corrected chi connectivity index (χ0v) is 4.46. The van der Waals surface area contributed by atoms with Gasteiger partial charge in [0.25, 0.3) is 5.91 Å². The van der Waals surface area contributed by atoms with E-state index in [4.69, 9.17) is 17.3 Å². The van der Waals surface area contributed by atoms with E-state index in [9.17, 15) is 4.79 Å². The van der Waals surface area contributed by atoms with Gasteiger partial charge in [-0.25, -0.2) is 0 Å². The van der Waals surface area contributed by atoms with Gasteiger partial charge in [-0.15, -0.1) is 11.6 Å². The summed E-state index contributed by atoms with van der Waals surface area (Å²) in [5.41, 5.74) is 6.52. The zero-order chi connectivity index (χ0) is 5.49. The van der Waals surface area contributed by atoms with Gasteiger partial charge < -0.3 is 0 Å². The lowest BCUT2D eigenvalue weighted by atomic mass is 10.4. The van der Waals surface area contributed by atoms with E-state index in [0.29, 0.717) is 12.8 Å². The van der Waals surface area contributed by atoms with E-state index in [1.54, 1.807) is 0 Å². The number of amides is 1. The molecule has 39 valence electrons. The Morgan fingerprint density at radius 1 is 1.71 bits per heavy atom. The van der Waals surface area contributed by atoms with Crippen molar-refractivity contribution in [1.82, 2.24) is 5.73 Å². The first-order valence-corrected chi connectivity index (χ1v) is 2.48. The summed E-state index contributed by atoms with van der Waals surface area (Å²) in [7, 11) is 0. The van der Waals surface area contributed by atoms with E-state index in [1.165, 1.54) is 0 Å². The number of halogens is 1. The predicted molar refractivity (Wildman–Crippen MR) is 25.9 cm³/mol. The maximum Gasteiger partial charge on any atom is 0.259 e. The first-order chi connectivity index (χ1) is 3.15. The van der Waals surface area contributed by atoms with Crippen LogP contribution in [0.25, 0.3) is 0 Å². The summed E-state index contributed by atoms with van der Waals surface area (Å²) in [6.45, 7) is 0. The Balaban J connectivity index is 2.55. The zero-order valence-electron chi connectivity index (χ0n) is 3.70. The average Bonchev–Trinajstić information content (AvgIpc) is 2.21. The molecule has 0 saturated heterocycles. The second kappa shape index (κ2) is 1.13. The van der Waals surface area contributed by atoms with Crippen molar-refractivity contribution in [3.63, 3.8) is 0 Å². The quantitative estimate of drug-likeness (QED) is 0.464. The normalized spacial score (nSPS) is 24.1. The number of hydrogen-bond donors (Lipinski definition) is 0. The molecule has 0 aromatic rings. The molecule has 0 aromatic carbocycles. The van der Waals surface area contributed by atoms with Crippen LogP contribution in [0.2, 0.25) is 0 Å². The lowest BCUT2D eigenvalue weighted by Gasteiger charge is -1.91. The van der Waals surface area contributed by atoms with Crippen LogP contribution in [-0.4, -0.2) is 10.8 Å². The van der Waals surface area contributed by atoms with E-state index < -0.39 is 10.8 Å². The van der Waals surface area contributed by atoms with Gasteiger partial charge >= 0.3 is 0 Å². The van der Waals surface area contributed by atoms with Crippen LogP contribution in [0.15, 0.2) is 0 Å². The van der Waals surface area contributed by atoms with Crippen molar-refractivity contribution in [2.45, 2.75) is 17.7 Å². The second-order valence-electron chi connectivity index (χ2n) is 1.79. The standard InChI is InChI=1S/C4H5ClNO/c5-4(1-2-4)3(6)7/h6H,1-2H2. The fraction of sp³-hybridized carbons (Fsp3) is 0.750. The van der Waals surface area contributed by atoms with Gasteiger partial charge in [0.1, 0.15) is 4.87 Å². The van der Waals surface area contributed by atoms with Gasteiger partial charge in [-0.05, 0) is 12.8 Å². The van der Waals surface area contributed by atoms with Crippen molar-refractivity contribution in [2.24, 2.45) is 0 Å². The molecule has 1 aliphatic carbocycles. The fourth-order valence-electron chi connectivity index (χ4n) is 0.337. The molecule has 7 heavy (non-hydrogen) atoms. The van der Waals surface area contributed by atoms with Gasteiger partial charge in [-0.3, -0.25) is 10.5 Å². The number of alkyl halides is 1. The molecule has 0 bridgehead atoms. The topological polar surface area (TPSA) is 40.9 Å². The van der Waals surface area contributed by atoms with Crippen molar-refractivity contribution < 1.29 is 4.79 Å². The SMILES string of the molecule is [NH]C(=O)C1(Cl)CC1. The first kappa shape index (κ1) is 4.91. The second-order valence-corrected chi connectivity index (χ2v) is 2.52. The number of carbonyl (C=O) groups excluding carboxylic acids is 1. The lowest BCUT2D eigenvalue weighted by Crippen LogP contribution is -2.15. The number of carbonyl (C=O) groups is 1. The molecule has 0 aliphatic heterocycles. The van der Waals surface area contributed by atoms with Crippen molar-refractivity contribution >= 4 is 17.5 Å². The van der Waals surface area contributed by atoms with Crippen LogP contribution in [0.4, 0.5) is 0 Å². The average molecular weight is 119 g/mol. The van der Waals surface area contributed by atoms with Gasteiger partial charge in [-0.2, -0.15) is 0 Å². The Hall–Kier alpha value is -0.240. The molecular weight excluding hydrogens is 114 g/mol. The monoisotopic (exact) mass is 118 g/mol. The Bertz CT molecular complexity index is 108. The predicted octanol–water partition coefficient (Wildman–Crippen LogP) is 0.567. The van der Waals surface area contributed by atoms with Gasteiger partial charge in [0.05, 0.1) is 0 Å². The third kappa shape index (κ3) is 0.703. The Morgan fingerprint density at radius 3 is 2.14 bits per heavy atom. The molecule has 0 atom stereocenters. The van der Waals surface area contributed by atoms with Crippen molar-refractivity contribution in [3.8, 4) is 0 Å². The maximum absolute atomic E-state index is 10.1. The van der Waals surface area contributed by atoms with E-state index >= 15 is 0 Å². The molecule has 1 radical (unpaired) electrons. The molecule has 0 heterocycles. The van der Waals surface area contributed by atoms with Crippen LogP contribution >= 0.6 is 11.6 Å². The highest BCUT2D eigenvalue weighted by molar-refractivity contribution is 6.36. The maximum atomic E-state index is 10.1. The molecule has 0 spiro atoms. The molecule has 1 rings (SSSR count). The molecule has 1 N–H and O–H groups in total. The molecule has 1 saturated carbocycles. The summed E-state index contributed by atoms with van der Waals surface area (Å²) < 4.78 is 0. The van der Waals surface area contributed by atoms with Crippen LogP contribution in [-0.2, 0) is 4.79 Å². The molecule has 1 fully saturated rings. The third-order valence-electron chi connectivity index (χ3n) is 1.10. The molecule has 3 heteroatoms. The minimum Gasteiger partial charge on any atom is -0.271 e. The van der Waals surface area contributed by atoms with E-state index in [2.05, 4.69) is 0 Å². The summed E-state index contributed by atoms with van der Waals surface area (Å²) >= 11 is 5.44. The number of rotatable bonds is 1. The molecular formula is C4H5ClNO. The molecule has 0 unspecified atom stereocenters. The lowest BCUT2D eigenvalue weighted by molar-refractivity contribution is -0.118. The highest BCUT2D eigenvalue weighted by atomic mass is 35.5. The number of nitrogens with one attached hydrogen (secondary N) is 1. The first-order valence-electron chi connectivity index (χ1n) is 2.10. The Morgan fingerprint density at radius 2 is 2.14 bits per heavy atom. The van der Waals surface area contributed by atoms with Gasteiger partial charge in [-0.1, -0.05) is 0 Å². The summed E-state index contributed by atoms with van der Waals surface area (Å²) in [4.78, 5) is 9.31. The van der Waals surface area contributed by atoms with E-state index in [-0.39, 0.29) is 0 Å². The van der Waals surface area contributed by atoms with Crippen LogP contribution in [0.1, 0.15) is 12.8 Å². The molecule has 0 aromatic heterocycles. The smallest absolute Gasteiger partial charge is 0.259 e. The van der Waals surface area contributed by atoms with Gasteiger partial charge in [0, 0.05) is 0 Å². The van der Waals surface area contributed by atoms with E-state index in [0.717, 1.165) is 0 Å². The fourth-order valence-corrected chi connectivity index (χ4v) is 0.431. The largest absolute Gasteiger partial charge is 0.271 e. The molecule has 1 amide bonds. The highest BCUT2D eigenvalue weighted by Crippen LogP contribution is 2.42. The Kier molecular flexibility index (Phi) is 0.790. The minimum atomic E-state index is -0.750. The van der Waals surface area contributed by atoms with Crippen LogP contribution in [0.5, 0.6) is 0 Å². The van der Waals surface area contributed by atoms with Crippen LogP contribution in [0.3, 0.4) is 0 Å². The van der Waals surface area contributed by atoms with Gasteiger partial charge in [0.2, 0.25) is 0 Å². The molecule has 1 aliphatic rings. The highest BCUT2D eigenvalue weighted by Gasteiger charge is 2.47. The van der Waals surface area contributed by atoms with Crippen molar-refractivity contribution in [1.29, 1.82) is 0 Å². The minimum absolute atomic E-state index is 0.630. The van der Waals surface area contributed by atoms with Crippen molar-refractivity contribution in [3.05, 3.63) is 0 Å². The van der Waals surface area contributed by atoms with Crippen LogP contribution in [0, 0.1) is 0 Å². The summed E-state index contributed by atoms with van der Waals surface area (Å²) in [5, 5.41) is 0. The third-order valence-corrected chi connectivity index (χ3v) is 1.65. The van der Waals surface area contributed by atoms with Crippen molar-refractivity contribution in [2.75, 3.05) is 0 Å². The summed E-state index contributed by atoms with van der Waals surface area (Å²) in [6, 6.07) is 0. The summed E-state index contributed by atoms with van der Waals surface area (Å²) in [6.07, 6.45) is 1.38. The summed E-state index contributed by atoms with van der Waals surface area (Å²) in [5.74, 6) is -0.630. The molecule has 2 nitrogen and oxygen atoms in total. The van der Waals surface area contributed by atoms with Gasteiger partial charge in [0.15, 0.2) is 0 Å². The van der Waals surface area contributed by atoms with Crippen LogP contribution < -0.4 is 5.73 Å². The Labute approximate surface area is 46.6 Å². The number of hydrogen-bond acceptors (Lipinski definition) is 1.